The summed E-state index contributed by atoms with van der Waals surface area (Å²) in [6.07, 6.45) is 0.657. The molecule has 1 heterocycles. The highest BCUT2D eigenvalue weighted by Crippen LogP contribution is 2.11. The van der Waals surface area contributed by atoms with Crippen molar-refractivity contribution >= 4 is 22.9 Å². The lowest BCUT2D eigenvalue weighted by molar-refractivity contribution is -0.141. The number of aryl methyl sites for hydroxylation is 1. The molecular weight excluding hydrogens is 246 g/mol. The van der Waals surface area contributed by atoms with Gasteiger partial charge in [-0.3, -0.25) is 9.59 Å². The molecule has 19 heavy (non-hydrogen) atoms. The molecule has 0 spiro atoms. The van der Waals surface area contributed by atoms with E-state index in [1.807, 2.05) is 24.3 Å². The van der Waals surface area contributed by atoms with Crippen LogP contribution in [-0.2, 0) is 16.0 Å². The predicted molar refractivity (Wildman–Crippen MR) is 69.7 cm³/mol. The zero-order chi connectivity index (χ0) is 13.8. The first-order valence-electron chi connectivity index (χ1n) is 6.02. The third-order valence-electron chi connectivity index (χ3n) is 2.78. The standard InChI is InChI=1S/C13H15N3O3/c1-8(13(18)19)14-12(17)7-6-11-15-9-4-2-3-5-10(9)16-11/h2-5,8H,6-7H2,1H3,(H,14,17)(H,15,16)(H,18,19)/t8-/m0/s1. The second-order valence-corrected chi connectivity index (χ2v) is 4.33. The number of hydrogen-bond acceptors (Lipinski definition) is 3. The monoisotopic (exact) mass is 261 g/mol. The molecule has 0 saturated heterocycles. The quantitative estimate of drug-likeness (QED) is 0.750. The number of benzene rings is 1. The maximum Gasteiger partial charge on any atom is 0.325 e. The van der Waals surface area contributed by atoms with E-state index in [1.165, 1.54) is 6.92 Å². The van der Waals surface area contributed by atoms with Crippen molar-refractivity contribution in [2.24, 2.45) is 0 Å². The summed E-state index contributed by atoms with van der Waals surface area (Å²) in [4.78, 5) is 29.6. The number of aromatic nitrogens is 2. The van der Waals surface area contributed by atoms with Gasteiger partial charge >= 0.3 is 5.97 Å². The highest BCUT2D eigenvalue weighted by atomic mass is 16.4. The summed E-state index contributed by atoms with van der Waals surface area (Å²) in [5.41, 5.74) is 1.79. The topological polar surface area (TPSA) is 95.1 Å². The zero-order valence-corrected chi connectivity index (χ0v) is 10.5. The average Bonchev–Trinajstić information content (AvgIpc) is 2.78. The van der Waals surface area contributed by atoms with E-state index in [9.17, 15) is 9.59 Å². The summed E-state index contributed by atoms with van der Waals surface area (Å²) < 4.78 is 0. The van der Waals surface area contributed by atoms with Gasteiger partial charge in [0.05, 0.1) is 11.0 Å². The minimum absolute atomic E-state index is 0.206. The number of aliphatic carboxylic acids is 1. The number of imidazole rings is 1. The van der Waals surface area contributed by atoms with Crippen LogP contribution in [0.4, 0.5) is 0 Å². The number of aromatic amines is 1. The molecular formula is C13H15N3O3. The molecule has 0 aliphatic rings. The number of carbonyl (C=O) groups excluding carboxylic acids is 1. The summed E-state index contributed by atoms with van der Waals surface area (Å²) in [7, 11) is 0. The lowest BCUT2D eigenvalue weighted by Crippen LogP contribution is -2.38. The first-order valence-corrected chi connectivity index (χ1v) is 6.02. The predicted octanol–water partition coefficient (Wildman–Crippen LogP) is 1.08. The fourth-order valence-electron chi connectivity index (χ4n) is 1.73. The third kappa shape index (κ3) is 3.31. The molecule has 0 bridgehead atoms. The van der Waals surface area contributed by atoms with Gasteiger partial charge in [0.2, 0.25) is 5.91 Å². The smallest absolute Gasteiger partial charge is 0.325 e. The molecule has 2 rings (SSSR count). The van der Waals surface area contributed by atoms with Crippen LogP contribution < -0.4 is 5.32 Å². The van der Waals surface area contributed by atoms with Crippen LogP contribution in [0.15, 0.2) is 24.3 Å². The minimum atomic E-state index is -1.04. The lowest BCUT2D eigenvalue weighted by atomic mass is 10.2. The highest BCUT2D eigenvalue weighted by molar-refractivity contribution is 5.83. The van der Waals surface area contributed by atoms with Gasteiger partial charge in [-0.05, 0) is 19.1 Å². The molecule has 0 radical (unpaired) electrons. The van der Waals surface area contributed by atoms with Crippen molar-refractivity contribution in [3.63, 3.8) is 0 Å². The minimum Gasteiger partial charge on any atom is -0.480 e. The molecule has 3 N–H and O–H groups in total. The molecule has 1 amide bonds. The number of fused-ring (bicyclic) bond motifs is 1. The Hall–Kier alpha value is -2.37. The van der Waals surface area contributed by atoms with Gasteiger partial charge in [0.15, 0.2) is 0 Å². The highest BCUT2D eigenvalue weighted by Gasteiger charge is 2.14. The van der Waals surface area contributed by atoms with E-state index >= 15 is 0 Å². The number of carboxylic acids is 1. The van der Waals surface area contributed by atoms with Gasteiger partial charge < -0.3 is 15.4 Å². The van der Waals surface area contributed by atoms with Gasteiger partial charge in [-0.1, -0.05) is 12.1 Å². The second kappa shape index (κ2) is 5.51. The van der Waals surface area contributed by atoms with E-state index in [-0.39, 0.29) is 12.3 Å². The van der Waals surface area contributed by atoms with Crippen LogP contribution in [0.25, 0.3) is 11.0 Å². The number of hydrogen-bond donors (Lipinski definition) is 3. The van der Waals surface area contributed by atoms with E-state index in [1.54, 1.807) is 0 Å². The van der Waals surface area contributed by atoms with Gasteiger partial charge in [-0.2, -0.15) is 0 Å². The Morgan fingerprint density at radius 1 is 1.42 bits per heavy atom. The van der Waals surface area contributed by atoms with Crippen molar-refractivity contribution in [3.8, 4) is 0 Å². The van der Waals surface area contributed by atoms with Crippen LogP contribution in [0.2, 0.25) is 0 Å². The Morgan fingerprint density at radius 3 is 2.84 bits per heavy atom. The first-order chi connectivity index (χ1) is 9.06. The Labute approximate surface area is 109 Å². The van der Waals surface area contributed by atoms with Crippen LogP contribution in [0, 0.1) is 0 Å². The molecule has 0 saturated carbocycles. The van der Waals surface area contributed by atoms with Crippen LogP contribution in [0.5, 0.6) is 0 Å². The molecule has 6 nitrogen and oxygen atoms in total. The van der Waals surface area contributed by atoms with Crippen molar-refractivity contribution in [3.05, 3.63) is 30.1 Å². The van der Waals surface area contributed by atoms with Crippen molar-refractivity contribution in [1.82, 2.24) is 15.3 Å². The molecule has 1 aromatic carbocycles. The number of nitrogens with zero attached hydrogens (tertiary/aromatic N) is 1. The van der Waals surface area contributed by atoms with Crippen LogP contribution in [-0.4, -0.2) is 33.0 Å². The van der Waals surface area contributed by atoms with Gasteiger partial charge in [0, 0.05) is 12.8 Å². The van der Waals surface area contributed by atoms with Crippen LogP contribution in [0.1, 0.15) is 19.2 Å². The number of rotatable bonds is 5. The average molecular weight is 261 g/mol. The molecule has 100 valence electrons. The normalized spacial score (nSPS) is 12.3. The van der Waals surface area contributed by atoms with Crippen molar-refractivity contribution in [2.75, 3.05) is 0 Å². The Bertz CT molecular complexity index is 573. The summed E-state index contributed by atoms with van der Waals surface area (Å²) in [5, 5.41) is 11.1. The zero-order valence-electron chi connectivity index (χ0n) is 10.5. The fraction of sp³-hybridized carbons (Fsp3) is 0.308. The van der Waals surface area contributed by atoms with Crippen LogP contribution >= 0.6 is 0 Å². The van der Waals surface area contributed by atoms with E-state index < -0.39 is 12.0 Å². The van der Waals surface area contributed by atoms with Crippen LogP contribution in [0.3, 0.4) is 0 Å². The van der Waals surface area contributed by atoms with Gasteiger partial charge in [-0.15, -0.1) is 0 Å². The molecule has 0 aliphatic carbocycles. The molecule has 0 fully saturated rings. The first kappa shape index (κ1) is 13.1. The number of nitrogens with one attached hydrogen (secondary N) is 2. The molecule has 1 atom stereocenters. The molecule has 0 aliphatic heterocycles. The summed E-state index contributed by atoms with van der Waals surface area (Å²) in [5.74, 6) is -0.619. The summed E-state index contributed by atoms with van der Waals surface area (Å²) in [6.45, 7) is 1.43. The number of amides is 1. The van der Waals surface area contributed by atoms with Crippen molar-refractivity contribution < 1.29 is 14.7 Å². The molecule has 2 aromatic rings. The second-order valence-electron chi connectivity index (χ2n) is 4.33. The lowest BCUT2D eigenvalue weighted by Gasteiger charge is -2.08. The van der Waals surface area contributed by atoms with E-state index in [0.717, 1.165) is 16.9 Å². The number of H-pyrrole nitrogens is 1. The van der Waals surface area contributed by atoms with E-state index in [4.69, 9.17) is 5.11 Å². The largest absolute Gasteiger partial charge is 0.480 e. The number of carboxylic acid groups (broad SMARTS) is 1. The van der Waals surface area contributed by atoms with Crippen molar-refractivity contribution in [2.45, 2.75) is 25.8 Å². The Balaban J connectivity index is 1.91. The number of para-hydroxylation sites is 2. The van der Waals surface area contributed by atoms with Gasteiger partial charge in [-0.25, -0.2) is 4.98 Å². The van der Waals surface area contributed by atoms with E-state index in [0.29, 0.717) is 6.42 Å². The summed E-state index contributed by atoms with van der Waals surface area (Å²) in [6, 6.07) is 6.74. The summed E-state index contributed by atoms with van der Waals surface area (Å²) >= 11 is 0. The molecule has 6 heteroatoms. The molecule has 1 aromatic heterocycles. The third-order valence-corrected chi connectivity index (χ3v) is 2.78. The maximum absolute atomic E-state index is 11.5. The van der Waals surface area contributed by atoms with Crippen molar-refractivity contribution in [1.29, 1.82) is 0 Å². The van der Waals surface area contributed by atoms with Gasteiger partial charge in [0.25, 0.3) is 0 Å². The fourth-order valence-corrected chi connectivity index (χ4v) is 1.73. The Morgan fingerprint density at radius 2 is 2.16 bits per heavy atom. The Kier molecular flexibility index (Phi) is 3.79. The number of carbonyl (C=O) groups is 2. The SMILES string of the molecule is C[C@H](NC(=O)CCc1nc2ccccc2[nH]1)C(=O)O. The van der Waals surface area contributed by atoms with Gasteiger partial charge in [0.1, 0.15) is 11.9 Å². The maximum atomic E-state index is 11.5. The van der Waals surface area contributed by atoms with E-state index in [2.05, 4.69) is 15.3 Å². The molecule has 0 unspecified atom stereocenters.